The van der Waals surface area contributed by atoms with Crippen LogP contribution in [0.1, 0.15) is 77.6 Å². The fraction of sp³-hybridized carbons (Fsp3) is 0.256. The Balaban J connectivity index is 1.27. The first-order valence-electron chi connectivity index (χ1n) is 16.5. The lowest BCUT2D eigenvalue weighted by Gasteiger charge is -2.21. The summed E-state index contributed by atoms with van der Waals surface area (Å²) in [5.41, 5.74) is 12.7. The second-order valence-corrected chi connectivity index (χ2v) is 15.3. The molecule has 0 N–H and O–H groups in total. The molecule has 1 aliphatic rings. The van der Waals surface area contributed by atoms with Gasteiger partial charge in [-0.15, -0.1) is 0 Å². The van der Waals surface area contributed by atoms with E-state index in [9.17, 15) is 0 Å². The van der Waals surface area contributed by atoms with Gasteiger partial charge < -0.3 is 0 Å². The minimum Gasteiger partial charge on any atom is -0.255 e. The molecule has 0 radical (unpaired) electrons. The Hall–Kier alpha value is -4.96. The topological polar surface area (TPSA) is 51.6 Å². The Bertz CT molecular complexity index is 2020. The van der Waals surface area contributed by atoms with E-state index in [1.54, 1.807) is 0 Å². The Morgan fingerprint density at radius 1 is 0.468 bits per heavy atom. The van der Waals surface area contributed by atoms with E-state index in [2.05, 4.69) is 159 Å². The maximum Gasteiger partial charge on any atom is 0.165 e. The summed E-state index contributed by atoms with van der Waals surface area (Å²) in [4.78, 5) is 19.9. The molecule has 2 aromatic heterocycles. The molecule has 4 aromatic carbocycles. The van der Waals surface area contributed by atoms with Crippen LogP contribution in [0.4, 0.5) is 0 Å². The second-order valence-electron chi connectivity index (χ2n) is 15.3. The molecule has 47 heavy (non-hydrogen) atoms. The number of benzene rings is 4. The molecule has 2 heterocycles. The van der Waals surface area contributed by atoms with Gasteiger partial charge in [-0.3, -0.25) is 4.98 Å². The molecule has 4 heteroatoms. The van der Waals surface area contributed by atoms with Gasteiger partial charge in [-0.2, -0.15) is 0 Å². The minimum atomic E-state index is -0.0598. The summed E-state index contributed by atoms with van der Waals surface area (Å²) in [6.07, 6.45) is 1.89. The number of rotatable bonds is 4. The van der Waals surface area contributed by atoms with Crippen molar-refractivity contribution in [1.82, 2.24) is 19.9 Å². The molecule has 234 valence electrons. The molecular formula is C43H42N4. The predicted octanol–water partition coefficient (Wildman–Crippen LogP) is 10.8. The number of nitrogens with zero attached hydrogens (tertiary/aromatic N) is 4. The van der Waals surface area contributed by atoms with Crippen LogP contribution in [0, 0.1) is 0 Å². The van der Waals surface area contributed by atoms with Gasteiger partial charge in [0.05, 0.1) is 5.69 Å². The lowest BCUT2D eigenvalue weighted by Crippen LogP contribution is -2.14. The van der Waals surface area contributed by atoms with Gasteiger partial charge in [0.25, 0.3) is 0 Å². The Morgan fingerprint density at radius 2 is 0.936 bits per heavy atom. The number of aromatic nitrogens is 4. The molecule has 0 aliphatic heterocycles. The highest BCUT2D eigenvalue weighted by molar-refractivity contribution is 5.83. The smallest absolute Gasteiger partial charge is 0.165 e. The minimum absolute atomic E-state index is 0.0598. The zero-order valence-electron chi connectivity index (χ0n) is 28.7. The molecule has 7 rings (SSSR count). The van der Waals surface area contributed by atoms with Crippen LogP contribution in [0.25, 0.3) is 56.5 Å². The van der Waals surface area contributed by atoms with Crippen LogP contribution in [0.15, 0.2) is 109 Å². The summed E-state index contributed by atoms with van der Waals surface area (Å²) < 4.78 is 0. The Kier molecular flexibility index (Phi) is 7.24. The molecule has 0 amide bonds. The molecule has 0 saturated heterocycles. The zero-order valence-corrected chi connectivity index (χ0v) is 28.7. The van der Waals surface area contributed by atoms with E-state index in [-0.39, 0.29) is 16.2 Å². The van der Waals surface area contributed by atoms with Crippen LogP contribution < -0.4 is 0 Å². The molecule has 6 aromatic rings. The predicted molar refractivity (Wildman–Crippen MR) is 194 cm³/mol. The molecule has 0 fully saturated rings. The maximum absolute atomic E-state index is 4.98. The van der Waals surface area contributed by atoms with E-state index in [0.717, 1.165) is 27.9 Å². The zero-order chi connectivity index (χ0) is 33.1. The number of hydrogen-bond donors (Lipinski definition) is 0. The van der Waals surface area contributed by atoms with E-state index in [4.69, 9.17) is 19.9 Å². The van der Waals surface area contributed by atoms with Crippen LogP contribution in [-0.2, 0) is 16.2 Å². The van der Waals surface area contributed by atoms with Crippen molar-refractivity contribution in [3.63, 3.8) is 0 Å². The first-order valence-corrected chi connectivity index (χ1v) is 16.5. The highest BCUT2D eigenvalue weighted by atomic mass is 15.0. The van der Waals surface area contributed by atoms with Crippen LogP contribution >= 0.6 is 0 Å². The van der Waals surface area contributed by atoms with Gasteiger partial charge in [0.15, 0.2) is 17.5 Å². The van der Waals surface area contributed by atoms with E-state index < -0.39 is 0 Å². The van der Waals surface area contributed by atoms with Crippen LogP contribution in [0.3, 0.4) is 0 Å². The normalized spacial score (nSPS) is 13.7. The SMILES string of the molecule is CC(C)(C)c1ccc(-c2nc(-c3ccc(C(C)(C)C)cc3)nc(-c3ccc(-c4ccc5c(c4)C(C)(C)c4ccccc4-5)nc3)n2)cc1. The average Bonchev–Trinajstić information content (AvgIpc) is 3.30. The number of pyridine rings is 1. The van der Waals surface area contributed by atoms with Gasteiger partial charge in [0.1, 0.15) is 0 Å². The van der Waals surface area contributed by atoms with Gasteiger partial charge in [-0.25, -0.2) is 15.0 Å². The first kappa shape index (κ1) is 30.7. The fourth-order valence-electron chi connectivity index (χ4n) is 6.56. The van der Waals surface area contributed by atoms with Crippen molar-refractivity contribution in [2.75, 3.05) is 0 Å². The fourth-order valence-corrected chi connectivity index (χ4v) is 6.56. The third-order valence-electron chi connectivity index (χ3n) is 9.55. The summed E-state index contributed by atoms with van der Waals surface area (Å²) in [5.74, 6) is 1.90. The van der Waals surface area contributed by atoms with Gasteiger partial charge in [-0.1, -0.05) is 140 Å². The average molecular weight is 615 g/mol. The molecule has 4 nitrogen and oxygen atoms in total. The highest BCUT2D eigenvalue weighted by Crippen LogP contribution is 2.49. The third-order valence-corrected chi connectivity index (χ3v) is 9.55. The summed E-state index contributed by atoms with van der Waals surface area (Å²) in [7, 11) is 0. The van der Waals surface area contributed by atoms with Crippen molar-refractivity contribution in [2.24, 2.45) is 0 Å². The van der Waals surface area contributed by atoms with Crippen molar-refractivity contribution < 1.29 is 0 Å². The van der Waals surface area contributed by atoms with Crippen molar-refractivity contribution in [3.05, 3.63) is 132 Å². The quantitative estimate of drug-likeness (QED) is 0.198. The van der Waals surface area contributed by atoms with E-state index >= 15 is 0 Å². The van der Waals surface area contributed by atoms with E-state index in [1.807, 2.05) is 6.20 Å². The highest BCUT2D eigenvalue weighted by Gasteiger charge is 2.35. The van der Waals surface area contributed by atoms with Crippen molar-refractivity contribution in [1.29, 1.82) is 0 Å². The van der Waals surface area contributed by atoms with Gasteiger partial charge in [0.2, 0.25) is 0 Å². The Morgan fingerprint density at radius 3 is 1.45 bits per heavy atom. The second kappa shape index (κ2) is 11.1. The largest absolute Gasteiger partial charge is 0.255 e. The van der Waals surface area contributed by atoms with Crippen molar-refractivity contribution in [2.45, 2.75) is 71.6 Å². The lowest BCUT2D eigenvalue weighted by atomic mass is 9.82. The van der Waals surface area contributed by atoms with Gasteiger partial charge >= 0.3 is 0 Å². The first-order chi connectivity index (χ1) is 22.3. The molecule has 0 saturated carbocycles. The van der Waals surface area contributed by atoms with E-state index in [1.165, 1.54) is 33.4 Å². The molecular weight excluding hydrogens is 573 g/mol. The number of hydrogen-bond acceptors (Lipinski definition) is 4. The van der Waals surface area contributed by atoms with Crippen molar-refractivity contribution in [3.8, 4) is 56.5 Å². The summed E-state index contributed by atoms with van der Waals surface area (Å²) in [5, 5.41) is 0. The molecule has 0 spiro atoms. The summed E-state index contributed by atoms with van der Waals surface area (Å²) in [6, 6.07) is 36.7. The van der Waals surface area contributed by atoms with Crippen molar-refractivity contribution >= 4 is 0 Å². The summed E-state index contributed by atoms with van der Waals surface area (Å²) >= 11 is 0. The van der Waals surface area contributed by atoms with E-state index in [0.29, 0.717) is 17.5 Å². The van der Waals surface area contributed by atoms with Crippen LogP contribution in [-0.4, -0.2) is 19.9 Å². The standard InChI is InChI=1S/C43H42N4/c1-41(2,3)31-19-13-27(14-20-31)38-45-39(28-15-21-32(22-16-28)42(4,5)6)47-40(46-38)30-18-24-37(44-26-30)29-17-23-34-33-11-9-10-12-35(33)43(7,8)36(34)25-29/h9-26H,1-8H3. The molecule has 0 bridgehead atoms. The molecule has 1 aliphatic carbocycles. The third kappa shape index (κ3) is 5.67. The number of fused-ring (bicyclic) bond motifs is 3. The van der Waals surface area contributed by atoms with Crippen LogP contribution in [0.5, 0.6) is 0 Å². The van der Waals surface area contributed by atoms with Gasteiger partial charge in [0, 0.05) is 33.9 Å². The molecule has 0 unspecified atom stereocenters. The summed E-state index contributed by atoms with van der Waals surface area (Å²) in [6.45, 7) is 18.0. The Labute approximate surface area is 279 Å². The lowest BCUT2D eigenvalue weighted by molar-refractivity contribution is 0.590. The molecule has 0 atom stereocenters. The monoisotopic (exact) mass is 614 g/mol. The maximum atomic E-state index is 4.98. The van der Waals surface area contributed by atoms with Crippen LogP contribution in [0.2, 0.25) is 0 Å². The van der Waals surface area contributed by atoms with Gasteiger partial charge in [-0.05, 0) is 62.4 Å².